The van der Waals surface area contributed by atoms with Gasteiger partial charge in [-0.2, -0.15) is 5.26 Å². The average molecular weight is 216 g/mol. The van der Waals surface area contributed by atoms with E-state index < -0.39 is 6.09 Å². The maximum absolute atomic E-state index is 11.1. The molecule has 0 saturated heterocycles. The Morgan fingerprint density at radius 1 is 1.50 bits per heavy atom. The topological polar surface area (TPSA) is 62.1 Å². The van der Waals surface area contributed by atoms with Crippen LogP contribution in [0.1, 0.15) is 13.9 Å². The summed E-state index contributed by atoms with van der Waals surface area (Å²) in [6, 6.07) is 8.54. The molecule has 0 atom stereocenters. The number of rotatable bonds is 2. The fraction of sp³-hybridized carbons (Fsp3) is 0.167. The zero-order valence-corrected chi connectivity index (χ0v) is 8.78. The first kappa shape index (κ1) is 11.6. The molecule has 4 heteroatoms. The van der Waals surface area contributed by atoms with Crippen molar-refractivity contribution in [3.63, 3.8) is 0 Å². The molecule has 0 fully saturated rings. The van der Waals surface area contributed by atoms with Gasteiger partial charge < -0.3 is 4.74 Å². The van der Waals surface area contributed by atoms with Crippen molar-refractivity contribution >= 4 is 11.8 Å². The van der Waals surface area contributed by atoms with Crippen LogP contribution >= 0.6 is 0 Å². The van der Waals surface area contributed by atoms with Gasteiger partial charge in [0.15, 0.2) is 6.07 Å². The summed E-state index contributed by atoms with van der Waals surface area (Å²) in [7, 11) is 0. The number of nitriles is 1. The highest BCUT2D eigenvalue weighted by Crippen LogP contribution is 2.08. The number of amides is 1. The van der Waals surface area contributed by atoms with Crippen LogP contribution in [0, 0.1) is 23.2 Å². The van der Waals surface area contributed by atoms with Crippen LogP contribution < -0.4 is 5.32 Å². The molecule has 0 heterocycles. The molecule has 0 aliphatic heterocycles. The van der Waals surface area contributed by atoms with E-state index in [-0.39, 0.29) is 1.43 Å². The summed E-state index contributed by atoms with van der Waals surface area (Å²) in [4.78, 5) is 11.1. The predicted octanol–water partition coefficient (Wildman–Crippen LogP) is 2.38. The van der Waals surface area contributed by atoms with E-state index in [9.17, 15) is 4.79 Å². The molecule has 0 spiro atoms. The van der Waals surface area contributed by atoms with Crippen molar-refractivity contribution in [2.24, 2.45) is 0 Å². The zero-order chi connectivity index (χ0) is 11.8. The zero-order valence-electron chi connectivity index (χ0n) is 8.78. The maximum atomic E-state index is 11.1. The van der Waals surface area contributed by atoms with Gasteiger partial charge in [-0.1, -0.05) is 5.92 Å². The van der Waals surface area contributed by atoms with E-state index in [1.54, 1.807) is 37.3 Å². The van der Waals surface area contributed by atoms with Crippen LogP contribution in [0.5, 0.6) is 0 Å². The number of nitrogens with zero attached hydrogens (tertiary/aromatic N) is 1. The molecule has 16 heavy (non-hydrogen) atoms. The van der Waals surface area contributed by atoms with Crippen molar-refractivity contribution in [1.29, 1.82) is 5.26 Å². The summed E-state index contributed by atoms with van der Waals surface area (Å²) in [6.07, 6.45) is -0.488. The minimum Gasteiger partial charge on any atom is -0.450 e. The van der Waals surface area contributed by atoms with Gasteiger partial charge in [-0.25, -0.2) is 4.79 Å². The van der Waals surface area contributed by atoms with Gasteiger partial charge in [-0.15, -0.1) is 0 Å². The molecule has 1 amide bonds. The molecule has 0 unspecified atom stereocenters. The maximum Gasteiger partial charge on any atom is 0.411 e. The number of hydrogen-bond donors (Lipinski definition) is 1. The summed E-state index contributed by atoms with van der Waals surface area (Å²) < 4.78 is 4.72. The lowest BCUT2D eigenvalue weighted by molar-refractivity contribution is 0.168. The highest BCUT2D eigenvalue weighted by Gasteiger charge is 2.00. The lowest BCUT2D eigenvalue weighted by Crippen LogP contribution is -2.13. The summed E-state index contributed by atoms with van der Waals surface area (Å²) >= 11 is 0. The molecule has 82 valence electrons. The van der Waals surface area contributed by atoms with Crippen molar-refractivity contribution in [3.05, 3.63) is 29.8 Å². The Bertz CT molecular complexity index is 466. The smallest absolute Gasteiger partial charge is 0.411 e. The highest BCUT2D eigenvalue weighted by atomic mass is 16.5. The molecule has 0 aliphatic carbocycles. The Kier molecular flexibility index (Phi) is 4.43. The van der Waals surface area contributed by atoms with Crippen LogP contribution in [-0.4, -0.2) is 12.7 Å². The van der Waals surface area contributed by atoms with E-state index in [4.69, 9.17) is 10.00 Å². The molecular formula is C12H12N2O2. The molecule has 1 N–H and O–H groups in total. The first-order valence-electron chi connectivity index (χ1n) is 4.70. The van der Waals surface area contributed by atoms with Crippen molar-refractivity contribution in [2.45, 2.75) is 6.92 Å². The van der Waals surface area contributed by atoms with E-state index >= 15 is 0 Å². The van der Waals surface area contributed by atoms with Crippen molar-refractivity contribution in [1.82, 2.24) is 0 Å². The Hall–Kier alpha value is -2.46. The molecule has 0 radical (unpaired) electrons. The van der Waals surface area contributed by atoms with E-state index in [0.29, 0.717) is 12.3 Å². The fourth-order valence-corrected chi connectivity index (χ4v) is 1.02. The third kappa shape index (κ3) is 3.73. The molecule has 0 bridgehead atoms. The SMILES string of the molecule is CCOC(=O)Nc1ccc(C#CC#N)cc1.[HH]. The van der Waals surface area contributed by atoms with Crippen molar-refractivity contribution < 1.29 is 11.0 Å². The molecular weight excluding hydrogens is 204 g/mol. The van der Waals surface area contributed by atoms with Gasteiger partial charge in [-0.05, 0) is 31.2 Å². The van der Waals surface area contributed by atoms with Gasteiger partial charge in [-0.3, -0.25) is 5.32 Å². The molecule has 0 aliphatic rings. The van der Waals surface area contributed by atoms with E-state index in [0.717, 1.165) is 5.56 Å². The molecule has 4 nitrogen and oxygen atoms in total. The van der Waals surface area contributed by atoms with Gasteiger partial charge in [0, 0.05) is 18.6 Å². The summed E-state index contributed by atoms with van der Waals surface area (Å²) in [6.45, 7) is 2.07. The predicted molar refractivity (Wildman–Crippen MR) is 61.7 cm³/mol. The van der Waals surface area contributed by atoms with Gasteiger partial charge in [0.05, 0.1) is 6.61 Å². The van der Waals surface area contributed by atoms with Gasteiger partial charge in [0.25, 0.3) is 0 Å². The minimum atomic E-state index is -0.488. The number of hydrogen-bond acceptors (Lipinski definition) is 3. The van der Waals surface area contributed by atoms with Crippen LogP contribution in [0.2, 0.25) is 0 Å². The third-order valence-electron chi connectivity index (χ3n) is 1.67. The fourth-order valence-electron chi connectivity index (χ4n) is 1.02. The molecule has 1 rings (SSSR count). The summed E-state index contributed by atoms with van der Waals surface area (Å²) in [5.41, 5.74) is 1.34. The van der Waals surface area contributed by atoms with E-state index in [1.165, 1.54) is 0 Å². The highest BCUT2D eigenvalue weighted by molar-refractivity contribution is 5.84. The second-order valence-corrected chi connectivity index (χ2v) is 2.78. The lowest BCUT2D eigenvalue weighted by Gasteiger charge is -2.04. The second kappa shape index (κ2) is 6.10. The quantitative estimate of drug-likeness (QED) is 0.772. The number of ether oxygens (including phenoxy) is 1. The average Bonchev–Trinajstić information content (AvgIpc) is 2.28. The Morgan fingerprint density at radius 2 is 2.19 bits per heavy atom. The van der Waals surface area contributed by atoms with Crippen LogP contribution in [0.3, 0.4) is 0 Å². The Balaban J connectivity index is 0.00000256. The normalized spacial score (nSPS) is 8.25. The number of anilines is 1. The number of carbonyl (C=O) groups is 1. The standard InChI is InChI=1S/C12H10N2O2.H2/c1-2-16-12(15)14-11-7-5-10(6-8-11)4-3-9-13;/h5-8H,2H2,1H3,(H,14,15);1H. The first-order valence-corrected chi connectivity index (χ1v) is 4.70. The number of benzene rings is 1. The van der Waals surface area contributed by atoms with Gasteiger partial charge in [0.1, 0.15) is 0 Å². The molecule has 0 saturated carbocycles. The van der Waals surface area contributed by atoms with Gasteiger partial charge >= 0.3 is 6.09 Å². The second-order valence-electron chi connectivity index (χ2n) is 2.78. The Labute approximate surface area is 95.3 Å². The summed E-state index contributed by atoms with van der Waals surface area (Å²) in [5, 5.41) is 10.8. The summed E-state index contributed by atoms with van der Waals surface area (Å²) in [5.74, 6) is 4.93. The lowest BCUT2D eigenvalue weighted by atomic mass is 10.2. The van der Waals surface area contributed by atoms with Crippen molar-refractivity contribution in [2.75, 3.05) is 11.9 Å². The molecule has 1 aromatic rings. The van der Waals surface area contributed by atoms with Gasteiger partial charge in [0.2, 0.25) is 0 Å². The van der Waals surface area contributed by atoms with Crippen LogP contribution in [0.15, 0.2) is 24.3 Å². The number of nitrogens with one attached hydrogen (secondary N) is 1. The largest absolute Gasteiger partial charge is 0.450 e. The van der Waals surface area contributed by atoms with E-state index in [1.807, 2.05) is 0 Å². The van der Waals surface area contributed by atoms with Crippen LogP contribution in [-0.2, 0) is 4.74 Å². The Morgan fingerprint density at radius 3 is 2.75 bits per heavy atom. The van der Waals surface area contributed by atoms with E-state index in [2.05, 4.69) is 17.2 Å². The minimum absolute atomic E-state index is 0. The number of carbonyl (C=O) groups excluding carboxylic acids is 1. The first-order chi connectivity index (χ1) is 7.76. The van der Waals surface area contributed by atoms with Crippen LogP contribution in [0.25, 0.3) is 0 Å². The monoisotopic (exact) mass is 216 g/mol. The van der Waals surface area contributed by atoms with Crippen molar-refractivity contribution in [3.8, 4) is 17.9 Å². The molecule has 0 aromatic heterocycles. The third-order valence-corrected chi connectivity index (χ3v) is 1.67. The molecule has 1 aromatic carbocycles. The van der Waals surface area contributed by atoms with Crippen LogP contribution in [0.4, 0.5) is 10.5 Å².